The molecule has 2 saturated carbocycles. The van der Waals surface area contributed by atoms with Gasteiger partial charge in [-0.1, -0.05) is 13.3 Å². The number of nitrogens with one attached hydrogen (secondary N) is 1. The number of rotatable bonds is 4. The molecule has 92 valence electrons. The average molecular weight is 224 g/mol. The zero-order valence-corrected chi connectivity index (χ0v) is 10.4. The molecule has 2 bridgehead atoms. The van der Waals surface area contributed by atoms with Crippen LogP contribution in [-0.4, -0.2) is 18.5 Å². The van der Waals surface area contributed by atoms with Crippen molar-refractivity contribution in [2.75, 3.05) is 6.54 Å². The lowest BCUT2D eigenvalue weighted by Gasteiger charge is -2.29. The van der Waals surface area contributed by atoms with Crippen molar-refractivity contribution >= 4 is 5.91 Å². The highest BCUT2D eigenvalue weighted by Gasteiger charge is 2.42. The van der Waals surface area contributed by atoms with E-state index in [1.165, 1.54) is 25.7 Å². The van der Waals surface area contributed by atoms with Crippen LogP contribution in [0.5, 0.6) is 0 Å². The van der Waals surface area contributed by atoms with E-state index < -0.39 is 0 Å². The van der Waals surface area contributed by atoms with Crippen LogP contribution in [0.2, 0.25) is 0 Å². The van der Waals surface area contributed by atoms with Crippen LogP contribution in [0.3, 0.4) is 0 Å². The van der Waals surface area contributed by atoms with E-state index in [0.717, 1.165) is 11.8 Å². The molecule has 0 aliphatic heterocycles. The first kappa shape index (κ1) is 11.9. The third kappa shape index (κ3) is 2.24. The summed E-state index contributed by atoms with van der Waals surface area (Å²) in [6, 6.07) is 0.330. The largest absolute Gasteiger partial charge is 0.353 e. The van der Waals surface area contributed by atoms with Gasteiger partial charge >= 0.3 is 0 Å². The molecule has 1 amide bonds. The van der Waals surface area contributed by atoms with Crippen LogP contribution in [-0.2, 0) is 4.79 Å². The van der Waals surface area contributed by atoms with Crippen LogP contribution >= 0.6 is 0 Å². The van der Waals surface area contributed by atoms with Crippen molar-refractivity contribution in [3.8, 4) is 0 Å². The lowest BCUT2D eigenvalue weighted by Crippen LogP contribution is -2.43. The monoisotopic (exact) mass is 224 g/mol. The van der Waals surface area contributed by atoms with Crippen LogP contribution in [0.25, 0.3) is 0 Å². The fourth-order valence-corrected chi connectivity index (χ4v) is 3.49. The molecule has 3 N–H and O–H groups in total. The molecule has 0 saturated heterocycles. The molecule has 3 nitrogen and oxygen atoms in total. The number of carbonyl (C=O) groups excluding carboxylic acids is 1. The first-order valence-electron chi connectivity index (χ1n) is 6.62. The summed E-state index contributed by atoms with van der Waals surface area (Å²) in [6.45, 7) is 4.49. The van der Waals surface area contributed by atoms with Gasteiger partial charge in [-0.2, -0.15) is 0 Å². The van der Waals surface area contributed by atoms with Gasteiger partial charge in [-0.3, -0.25) is 4.79 Å². The van der Waals surface area contributed by atoms with Crippen molar-refractivity contribution in [2.45, 2.75) is 45.6 Å². The van der Waals surface area contributed by atoms with E-state index in [4.69, 9.17) is 5.73 Å². The molecular formula is C13H24N2O. The fourth-order valence-electron chi connectivity index (χ4n) is 3.49. The van der Waals surface area contributed by atoms with Crippen molar-refractivity contribution in [3.05, 3.63) is 0 Å². The van der Waals surface area contributed by atoms with Gasteiger partial charge in [0.25, 0.3) is 0 Å². The predicted molar refractivity (Wildman–Crippen MR) is 64.8 cm³/mol. The molecule has 2 rings (SSSR count). The summed E-state index contributed by atoms with van der Waals surface area (Å²) in [5.41, 5.74) is 5.50. The van der Waals surface area contributed by atoms with Crippen LogP contribution in [0, 0.1) is 23.7 Å². The Hall–Kier alpha value is -0.570. The maximum Gasteiger partial charge on any atom is 0.224 e. The van der Waals surface area contributed by atoms with Gasteiger partial charge in [0, 0.05) is 18.5 Å². The molecule has 0 aromatic rings. The zero-order chi connectivity index (χ0) is 11.7. The Bertz CT molecular complexity index is 267. The standard InChI is InChI=1S/C13H24N2O/c1-8(7-14)13(16)15-9(2)12-6-10-3-4-11(12)5-10/h8-12H,3-7,14H2,1-2H3,(H,15,16). The Morgan fingerprint density at radius 3 is 2.62 bits per heavy atom. The number of amides is 1. The van der Waals surface area contributed by atoms with Crippen molar-refractivity contribution in [1.82, 2.24) is 5.32 Å². The first-order chi connectivity index (χ1) is 7.61. The SMILES string of the molecule is CC(CN)C(=O)NC(C)C1CC2CCC1C2. The predicted octanol–water partition coefficient (Wildman–Crippen LogP) is 1.52. The normalized spacial score (nSPS) is 36.1. The van der Waals surface area contributed by atoms with Crippen LogP contribution in [0.4, 0.5) is 0 Å². The highest BCUT2D eigenvalue weighted by molar-refractivity contribution is 5.78. The molecule has 5 atom stereocenters. The Kier molecular flexibility index (Phi) is 3.53. The Labute approximate surface area is 98.2 Å². The third-order valence-electron chi connectivity index (χ3n) is 4.61. The minimum absolute atomic E-state index is 0.0546. The van der Waals surface area contributed by atoms with Gasteiger partial charge < -0.3 is 11.1 Å². The van der Waals surface area contributed by atoms with E-state index in [1.54, 1.807) is 0 Å². The summed E-state index contributed by atoms with van der Waals surface area (Å²) in [5.74, 6) is 2.60. The number of nitrogens with two attached hydrogens (primary N) is 1. The molecular weight excluding hydrogens is 200 g/mol. The summed E-state index contributed by atoms with van der Waals surface area (Å²) < 4.78 is 0. The maximum atomic E-state index is 11.8. The second-order valence-electron chi connectivity index (χ2n) is 5.77. The van der Waals surface area contributed by atoms with Gasteiger partial charge in [-0.15, -0.1) is 0 Å². The Morgan fingerprint density at radius 2 is 2.12 bits per heavy atom. The number of hydrogen-bond acceptors (Lipinski definition) is 2. The van der Waals surface area contributed by atoms with Crippen molar-refractivity contribution in [3.63, 3.8) is 0 Å². The summed E-state index contributed by atoms with van der Waals surface area (Å²) in [7, 11) is 0. The van der Waals surface area contributed by atoms with Crippen LogP contribution < -0.4 is 11.1 Å². The maximum absolute atomic E-state index is 11.8. The third-order valence-corrected chi connectivity index (χ3v) is 4.61. The minimum Gasteiger partial charge on any atom is -0.353 e. The smallest absolute Gasteiger partial charge is 0.224 e. The number of fused-ring (bicyclic) bond motifs is 2. The van der Waals surface area contributed by atoms with Gasteiger partial charge in [0.2, 0.25) is 5.91 Å². The van der Waals surface area contributed by atoms with Crippen molar-refractivity contribution in [1.29, 1.82) is 0 Å². The first-order valence-corrected chi connectivity index (χ1v) is 6.62. The Balaban J connectivity index is 1.84. The van der Waals surface area contributed by atoms with Gasteiger partial charge in [0.15, 0.2) is 0 Å². The van der Waals surface area contributed by atoms with Crippen LogP contribution in [0.15, 0.2) is 0 Å². The van der Waals surface area contributed by atoms with E-state index in [1.807, 2.05) is 6.92 Å². The highest BCUT2D eigenvalue weighted by atomic mass is 16.1. The molecule has 16 heavy (non-hydrogen) atoms. The molecule has 0 radical (unpaired) electrons. The van der Waals surface area contributed by atoms with Gasteiger partial charge in [-0.05, 0) is 43.9 Å². The second-order valence-corrected chi connectivity index (χ2v) is 5.77. The number of carbonyl (C=O) groups is 1. The molecule has 0 heterocycles. The highest BCUT2D eigenvalue weighted by Crippen LogP contribution is 2.49. The van der Waals surface area contributed by atoms with E-state index in [9.17, 15) is 4.79 Å². The van der Waals surface area contributed by atoms with Crippen molar-refractivity contribution in [2.24, 2.45) is 29.4 Å². The molecule has 3 heteroatoms. The van der Waals surface area contributed by atoms with E-state index in [-0.39, 0.29) is 11.8 Å². The molecule has 5 unspecified atom stereocenters. The van der Waals surface area contributed by atoms with E-state index in [2.05, 4.69) is 12.2 Å². The summed E-state index contributed by atoms with van der Waals surface area (Å²) in [4.78, 5) is 11.8. The van der Waals surface area contributed by atoms with Crippen LogP contribution in [0.1, 0.15) is 39.5 Å². The fraction of sp³-hybridized carbons (Fsp3) is 0.923. The molecule has 2 aliphatic rings. The van der Waals surface area contributed by atoms with Gasteiger partial charge in [-0.25, -0.2) is 0 Å². The van der Waals surface area contributed by atoms with Crippen molar-refractivity contribution < 1.29 is 4.79 Å². The molecule has 2 fully saturated rings. The molecule has 2 aliphatic carbocycles. The summed E-state index contributed by atoms with van der Waals surface area (Å²) >= 11 is 0. The summed E-state index contributed by atoms with van der Waals surface area (Å²) in [5, 5.41) is 3.14. The lowest BCUT2D eigenvalue weighted by molar-refractivity contribution is -0.125. The minimum atomic E-state index is -0.0546. The van der Waals surface area contributed by atoms with Gasteiger partial charge in [0.05, 0.1) is 0 Å². The number of hydrogen-bond donors (Lipinski definition) is 2. The Morgan fingerprint density at radius 1 is 1.38 bits per heavy atom. The molecule has 0 spiro atoms. The quantitative estimate of drug-likeness (QED) is 0.760. The molecule has 0 aromatic heterocycles. The zero-order valence-electron chi connectivity index (χ0n) is 10.4. The summed E-state index contributed by atoms with van der Waals surface area (Å²) in [6.07, 6.45) is 5.52. The average Bonchev–Trinajstić information content (AvgIpc) is 2.89. The van der Waals surface area contributed by atoms with E-state index in [0.29, 0.717) is 18.5 Å². The molecule has 0 aromatic carbocycles. The van der Waals surface area contributed by atoms with Gasteiger partial charge in [0.1, 0.15) is 0 Å². The van der Waals surface area contributed by atoms with E-state index >= 15 is 0 Å². The second kappa shape index (κ2) is 4.74. The lowest BCUT2D eigenvalue weighted by atomic mass is 9.84. The topological polar surface area (TPSA) is 55.1 Å².